The number of nitrogens with two attached hydrogens (primary N) is 1. The van der Waals surface area contributed by atoms with Crippen LogP contribution in [0.15, 0.2) is 23.1 Å². The molecule has 1 atom stereocenters. The van der Waals surface area contributed by atoms with E-state index in [1.807, 2.05) is 13.8 Å². The van der Waals surface area contributed by atoms with Crippen LogP contribution in [0.25, 0.3) is 0 Å². The molecule has 0 saturated carbocycles. The van der Waals surface area contributed by atoms with Crippen LogP contribution >= 0.6 is 12.4 Å². The molecule has 0 aliphatic rings. The zero-order chi connectivity index (χ0) is 16.2. The number of carbonyl (C=O) groups is 1. The summed E-state index contributed by atoms with van der Waals surface area (Å²) in [6.45, 7) is 5.66. The molecule has 6 nitrogen and oxygen atoms in total. The molecule has 4 N–H and O–H groups in total. The normalized spacial score (nSPS) is 12.6. The molecular formula is C14H24ClN3O3S. The number of aryl methyl sites for hydroxylation is 1. The Kier molecular flexibility index (Phi) is 8.03. The van der Waals surface area contributed by atoms with Gasteiger partial charge in [0.15, 0.2) is 0 Å². The minimum Gasteiger partial charge on any atom is -0.325 e. The fourth-order valence-corrected chi connectivity index (χ4v) is 2.92. The van der Waals surface area contributed by atoms with E-state index in [9.17, 15) is 13.2 Å². The Labute approximate surface area is 138 Å². The van der Waals surface area contributed by atoms with Gasteiger partial charge in [-0.05, 0) is 44.0 Å². The van der Waals surface area contributed by atoms with Gasteiger partial charge in [-0.15, -0.1) is 12.4 Å². The molecule has 1 amide bonds. The van der Waals surface area contributed by atoms with Gasteiger partial charge in [0.2, 0.25) is 15.9 Å². The highest BCUT2D eigenvalue weighted by Crippen LogP contribution is 2.20. The third-order valence-electron chi connectivity index (χ3n) is 3.08. The number of hydrogen-bond donors (Lipinski definition) is 3. The van der Waals surface area contributed by atoms with E-state index in [1.54, 1.807) is 19.1 Å². The summed E-state index contributed by atoms with van der Waals surface area (Å²) >= 11 is 0. The number of anilines is 1. The van der Waals surface area contributed by atoms with E-state index in [1.165, 1.54) is 13.1 Å². The van der Waals surface area contributed by atoms with Gasteiger partial charge in [-0.1, -0.05) is 19.9 Å². The van der Waals surface area contributed by atoms with E-state index in [-0.39, 0.29) is 23.2 Å². The van der Waals surface area contributed by atoms with Gasteiger partial charge in [0.1, 0.15) is 0 Å². The molecule has 0 heterocycles. The van der Waals surface area contributed by atoms with Crippen LogP contribution in [0, 0.1) is 12.8 Å². The highest BCUT2D eigenvalue weighted by atomic mass is 35.5. The molecule has 1 aromatic carbocycles. The van der Waals surface area contributed by atoms with Crippen LogP contribution in [0.3, 0.4) is 0 Å². The molecule has 126 valence electrons. The Balaban J connectivity index is 0.00000441. The van der Waals surface area contributed by atoms with Gasteiger partial charge < -0.3 is 11.1 Å². The predicted molar refractivity (Wildman–Crippen MR) is 90.7 cm³/mol. The van der Waals surface area contributed by atoms with Crippen molar-refractivity contribution in [1.82, 2.24) is 4.72 Å². The van der Waals surface area contributed by atoms with E-state index < -0.39 is 16.1 Å². The number of carbonyl (C=O) groups excluding carboxylic acids is 1. The predicted octanol–water partition coefficient (Wildman–Crippen LogP) is 1.64. The molecule has 0 bridgehead atoms. The van der Waals surface area contributed by atoms with Crippen LogP contribution in [-0.2, 0) is 14.8 Å². The maximum absolute atomic E-state index is 12.0. The Hall–Kier alpha value is -1.15. The number of hydrogen-bond acceptors (Lipinski definition) is 4. The van der Waals surface area contributed by atoms with Crippen LogP contribution in [-0.4, -0.2) is 27.4 Å². The highest BCUT2D eigenvalue weighted by Gasteiger charge is 2.18. The van der Waals surface area contributed by atoms with Crippen molar-refractivity contribution >= 4 is 34.0 Å². The monoisotopic (exact) mass is 349 g/mol. The average Bonchev–Trinajstić information content (AvgIpc) is 2.39. The van der Waals surface area contributed by atoms with E-state index in [4.69, 9.17) is 5.73 Å². The van der Waals surface area contributed by atoms with Gasteiger partial charge >= 0.3 is 0 Å². The Morgan fingerprint density at radius 3 is 2.41 bits per heavy atom. The first-order valence-electron chi connectivity index (χ1n) is 6.78. The van der Waals surface area contributed by atoms with Crippen molar-refractivity contribution in [2.24, 2.45) is 11.7 Å². The maximum Gasteiger partial charge on any atom is 0.241 e. The van der Waals surface area contributed by atoms with Crippen molar-refractivity contribution in [2.45, 2.75) is 38.1 Å². The van der Waals surface area contributed by atoms with Gasteiger partial charge in [0.05, 0.1) is 10.9 Å². The molecule has 1 aromatic rings. The number of benzene rings is 1. The summed E-state index contributed by atoms with van der Waals surface area (Å²) in [4.78, 5) is 12.1. The Bertz CT molecular complexity index is 618. The molecule has 0 aliphatic heterocycles. The summed E-state index contributed by atoms with van der Waals surface area (Å²) in [5.74, 6) is -0.00985. The summed E-state index contributed by atoms with van der Waals surface area (Å²) < 4.78 is 26.0. The fraction of sp³-hybridized carbons (Fsp3) is 0.500. The van der Waals surface area contributed by atoms with Gasteiger partial charge in [0, 0.05) is 5.69 Å². The van der Waals surface area contributed by atoms with Crippen molar-refractivity contribution in [1.29, 1.82) is 0 Å². The summed E-state index contributed by atoms with van der Waals surface area (Å²) in [5.41, 5.74) is 6.82. The first-order valence-corrected chi connectivity index (χ1v) is 8.26. The van der Waals surface area contributed by atoms with Crippen molar-refractivity contribution in [3.63, 3.8) is 0 Å². The molecule has 1 rings (SSSR count). The summed E-state index contributed by atoms with van der Waals surface area (Å²) in [6, 6.07) is 4.12. The number of halogens is 1. The van der Waals surface area contributed by atoms with Crippen LogP contribution in [0.1, 0.15) is 25.8 Å². The topological polar surface area (TPSA) is 101 Å². The van der Waals surface area contributed by atoms with Gasteiger partial charge in [-0.3, -0.25) is 4.79 Å². The minimum absolute atomic E-state index is 0. The minimum atomic E-state index is -3.56. The standard InChI is InChI=1S/C14H23N3O3S.ClH/c1-9(2)7-12(15)14(18)17-11-6-5-10(3)13(8-11)21(19,20)16-4;/h5-6,8-9,12,16H,7,15H2,1-4H3,(H,17,18);1H/t12-;/m0./s1. The van der Waals surface area contributed by atoms with Gasteiger partial charge in [-0.25, -0.2) is 13.1 Å². The van der Waals surface area contributed by atoms with E-state index in [0.717, 1.165) is 0 Å². The molecule has 0 unspecified atom stereocenters. The number of amides is 1. The molecule has 0 aromatic heterocycles. The fourth-order valence-electron chi connectivity index (χ4n) is 1.93. The molecule has 0 spiro atoms. The van der Waals surface area contributed by atoms with Crippen molar-refractivity contribution in [3.05, 3.63) is 23.8 Å². The largest absolute Gasteiger partial charge is 0.325 e. The Morgan fingerprint density at radius 2 is 1.91 bits per heavy atom. The SMILES string of the molecule is CNS(=O)(=O)c1cc(NC(=O)[C@@H](N)CC(C)C)ccc1C.Cl. The number of rotatable bonds is 6. The lowest BCUT2D eigenvalue weighted by atomic mass is 10.0. The van der Waals surface area contributed by atoms with Crippen LogP contribution in [0.2, 0.25) is 0 Å². The third-order valence-corrected chi connectivity index (χ3v) is 4.63. The smallest absolute Gasteiger partial charge is 0.241 e. The second-order valence-corrected chi connectivity index (χ2v) is 7.27. The van der Waals surface area contributed by atoms with Crippen LogP contribution < -0.4 is 15.8 Å². The molecular weight excluding hydrogens is 326 g/mol. The maximum atomic E-state index is 12.0. The van der Waals surface area contributed by atoms with Crippen LogP contribution in [0.5, 0.6) is 0 Å². The Morgan fingerprint density at radius 1 is 1.32 bits per heavy atom. The molecule has 8 heteroatoms. The summed E-state index contributed by atoms with van der Waals surface area (Å²) in [5, 5.41) is 2.65. The lowest BCUT2D eigenvalue weighted by Crippen LogP contribution is -2.36. The lowest BCUT2D eigenvalue weighted by Gasteiger charge is -2.15. The zero-order valence-electron chi connectivity index (χ0n) is 13.2. The first kappa shape index (κ1) is 20.9. The highest BCUT2D eigenvalue weighted by molar-refractivity contribution is 7.89. The molecule has 22 heavy (non-hydrogen) atoms. The quantitative estimate of drug-likeness (QED) is 0.726. The number of nitrogens with one attached hydrogen (secondary N) is 2. The van der Waals surface area contributed by atoms with Gasteiger partial charge in [0.25, 0.3) is 0 Å². The molecule has 0 fully saturated rings. The summed E-state index contributed by atoms with van der Waals surface area (Å²) in [7, 11) is -2.21. The average molecular weight is 350 g/mol. The first-order chi connectivity index (χ1) is 9.67. The van der Waals surface area contributed by atoms with E-state index in [0.29, 0.717) is 23.6 Å². The van der Waals surface area contributed by atoms with E-state index >= 15 is 0 Å². The van der Waals surface area contributed by atoms with Crippen molar-refractivity contribution in [2.75, 3.05) is 12.4 Å². The molecule has 0 saturated heterocycles. The second-order valence-electron chi connectivity index (χ2n) is 5.41. The van der Waals surface area contributed by atoms with Crippen molar-refractivity contribution in [3.8, 4) is 0 Å². The van der Waals surface area contributed by atoms with E-state index in [2.05, 4.69) is 10.0 Å². The number of sulfonamides is 1. The second kappa shape index (κ2) is 8.47. The van der Waals surface area contributed by atoms with Crippen molar-refractivity contribution < 1.29 is 13.2 Å². The van der Waals surface area contributed by atoms with Gasteiger partial charge in [-0.2, -0.15) is 0 Å². The molecule has 0 radical (unpaired) electrons. The van der Waals surface area contributed by atoms with Crippen LogP contribution in [0.4, 0.5) is 5.69 Å². The summed E-state index contributed by atoms with van der Waals surface area (Å²) in [6.07, 6.45) is 0.569. The zero-order valence-corrected chi connectivity index (χ0v) is 14.8. The molecule has 0 aliphatic carbocycles. The third kappa shape index (κ3) is 5.57. The lowest BCUT2D eigenvalue weighted by molar-refractivity contribution is -0.117.